The number of imidazole rings is 1. The SMILES string of the molecule is CCn1cncc1C(=O)N1CC[C@](Cc2ccc(-c3cccs3)cc2)(C(=O)NC)C1. The van der Waals surface area contributed by atoms with E-state index in [1.54, 1.807) is 35.8 Å². The average molecular weight is 423 g/mol. The van der Waals surface area contributed by atoms with Crippen molar-refractivity contribution in [3.63, 3.8) is 0 Å². The molecule has 0 radical (unpaired) electrons. The third-order valence-corrected chi connectivity index (χ3v) is 6.84. The lowest BCUT2D eigenvalue weighted by atomic mass is 9.79. The van der Waals surface area contributed by atoms with Gasteiger partial charge < -0.3 is 14.8 Å². The smallest absolute Gasteiger partial charge is 0.272 e. The summed E-state index contributed by atoms with van der Waals surface area (Å²) in [6.07, 6.45) is 4.53. The van der Waals surface area contributed by atoms with Crippen LogP contribution in [0.25, 0.3) is 10.4 Å². The van der Waals surface area contributed by atoms with Crippen molar-refractivity contribution in [2.24, 2.45) is 5.41 Å². The van der Waals surface area contributed by atoms with E-state index in [9.17, 15) is 9.59 Å². The van der Waals surface area contributed by atoms with Crippen molar-refractivity contribution in [1.82, 2.24) is 19.8 Å². The van der Waals surface area contributed by atoms with Crippen LogP contribution in [0, 0.1) is 5.41 Å². The monoisotopic (exact) mass is 422 g/mol. The second kappa shape index (κ2) is 8.44. The zero-order chi connectivity index (χ0) is 21.1. The Morgan fingerprint density at radius 1 is 1.23 bits per heavy atom. The molecule has 156 valence electrons. The van der Waals surface area contributed by atoms with Gasteiger partial charge in [0.1, 0.15) is 5.69 Å². The van der Waals surface area contributed by atoms with Gasteiger partial charge in [-0.15, -0.1) is 11.3 Å². The molecule has 0 unspecified atom stereocenters. The van der Waals surface area contributed by atoms with Crippen LogP contribution in [0.5, 0.6) is 0 Å². The highest BCUT2D eigenvalue weighted by atomic mass is 32.1. The van der Waals surface area contributed by atoms with Crippen LogP contribution in [-0.2, 0) is 17.8 Å². The van der Waals surface area contributed by atoms with Crippen molar-refractivity contribution < 1.29 is 9.59 Å². The number of amides is 2. The topological polar surface area (TPSA) is 67.2 Å². The quantitative estimate of drug-likeness (QED) is 0.662. The maximum absolute atomic E-state index is 13.0. The van der Waals surface area contributed by atoms with Crippen molar-refractivity contribution >= 4 is 23.2 Å². The number of thiophene rings is 1. The van der Waals surface area contributed by atoms with Gasteiger partial charge in [0.25, 0.3) is 5.91 Å². The molecule has 30 heavy (non-hydrogen) atoms. The summed E-state index contributed by atoms with van der Waals surface area (Å²) in [6.45, 7) is 3.64. The van der Waals surface area contributed by atoms with Gasteiger partial charge in [-0.25, -0.2) is 4.98 Å². The molecule has 1 aromatic carbocycles. The van der Waals surface area contributed by atoms with Crippen LogP contribution in [0.1, 0.15) is 29.4 Å². The maximum atomic E-state index is 13.0. The lowest BCUT2D eigenvalue weighted by Crippen LogP contribution is -2.44. The second-order valence-electron chi connectivity index (χ2n) is 7.75. The van der Waals surface area contributed by atoms with E-state index in [4.69, 9.17) is 0 Å². The number of aromatic nitrogens is 2. The normalized spacial score (nSPS) is 18.5. The number of nitrogens with zero attached hydrogens (tertiary/aromatic N) is 3. The number of aryl methyl sites for hydroxylation is 1. The van der Waals surface area contributed by atoms with E-state index in [1.165, 1.54) is 10.4 Å². The van der Waals surface area contributed by atoms with Gasteiger partial charge in [-0.3, -0.25) is 9.59 Å². The highest BCUT2D eigenvalue weighted by molar-refractivity contribution is 7.13. The molecule has 0 saturated carbocycles. The Hall–Kier alpha value is -2.93. The van der Waals surface area contributed by atoms with Crippen LogP contribution in [0.4, 0.5) is 0 Å². The van der Waals surface area contributed by atoms with Crippen molar-refractivity contribution in [3.05, 3.63) is 65.6 Å². The summed E-state index contributed by atoms with van der Waals surface area (Å²) in [4.78, 5) is 33.1. The molecule has 1 fully saturated rings. The molecule has 6 nitrogen and oxygen atoms in total. The summed E-state index contributed by atoms with van der Waals surface area (Å²) in [6, 6.07) is 12.6. The fourth-order valence-electron chi connectivity index (χ4n) is 4.25. The maximum Gasteiger partial charge on any atom is 0.272 e. The first-order chi connectivity index (χ1) is 14.6. The van der Waals surface area contributed by atoms with Gasteiger partial charge in [0.05, 0.1) is 17.9 Å². The summed E-state index contributed by atoms with van der Waals surface area (Å²) >= 11 is 1.71. The van der Waals surface area contributed by atoms with Gasteiger partial charge in [0, 0.05) is 31.6 Å². The number of hydrogen-bond donors (Lipinski definition) is 1. The minimum absolute atomic E-state index is 0.0101. The van der Waals surface area contributed by atoms with Crippen molar-refractivity contribution in [1.29, 1.82) is 0 Å². The number of rotatable bonds is 6. The number of nitrogens with one attached hydrogen (secondary N) is 1. The summed E-state index contributed by atoms with van der Waals surface area (Å²) < 4.78 is 1.84. The highest BCUT2D eigenvalue weighted by Gasteiger charge is 2.46. The van der Waals surface area contributed by atoms with Crippen molar-refractivity contribution in [3.8, 4) is 10.4 Å². The minimum Gasteiger partial charge on any atom is -0.359 e. The molecule has 3 heterocycles. The van der Waals surface area contributed by atoms with E-state index >= 15 is 0 Å². The summed E-state index contributed by atoms with van der Waals surface area (Å²) in [5.41, 5.74) is 2.24. The Kier molecular flexibility index (Phi) is 5.72. The lowest BCUT2D eigenvalue weighted by Gasteiger charge is -2.28. The van der Waals surface area contributed by atoms with Gasteiger partial charge in [-0.05, 0) is 42.3 Å². The Morgan fingerprint density at radius 2 is 2.03 bits per heavy atom. The second-order valence-corrected chi connectivity index (χ2v) is 8.70. The molecule has 0 aliphatic carbocycles. The zero-order valence-corrected chi connectivity index (χ0v) is 18.1. The van der Waals surface area contributed by atoms with E-state index in [0.29, 0.717) is 38.2 Å². The fraction of sp³-hybridized carbons (Fsp3) is 0.348. The van der Waals surface area contributed by atoms with E-state index < -0.39 is 5.41 Å². The third kappa shape index (κ3) is 3.77. The highest BCUT2D eigenvalue weighted by Crippen LogP contribution is 2.36. The van der Waals surface area contributed by atoms with Crippen molar-refractivity contribution in [2.75, 3.05) is 20.1 Å². The Labute approximate surface area is 180 Å². The van der Waals surface area contributed by atoms with Gasteiger partial charge in [-0.1, -0.05) is 30.3 Å². The first kappa shape index (κ1) is 20.3. The molecule has 1 N–H and O–H groups in total. The number of carbonyl (C=O) groups is 2. The van der Waals surface area contributed by atoms with E-state index in [1.807, 2.05) is 17.6 Å². The summed E-state index contributed by atoms with van der Waals surface area (Å²) in [5, 5.41) is 4.89. The molecule has 0 bridgehead atoms. The molecule has 1 saturated heterocycles. The molecule has 4 rings (SSSR count). The molecule has 2 amide bonds. The number of carbonyl (C=O) groups excluding carboxylic acids is 2. The van der Waals surface area contributed by atoms with Crippen LogP contribution in [0.3, 0.4) is 0 Å². The van der Waals surface area contributed by atoms with E-state index in [0.717, 1.165) is 5.56 Å². The van der Waals surface area contributed by atoms with Gasteiger partial charge in [-0.2, -0.15) is 0 Å². The number of hydrogen-bond acceptors (Lipinski definition) is 4. The number of benzene rings is 1. The predicted octanol–water partition coefficient (Wildman–Crippen LogP) is 3.45. The number of likely N-dealkylation sites (tertiary alicyclic amines) is 1. The molecular formula is C23H26N4O2S. The predicted molar refractivity (Wildman–Crippen MR) is 118 cm³/mol. The van der Waals surface area contributed by atoms with Crippen molar-refractivity contribution in [2.45, 2.75) is 26.3 Å². The largest absolute Gasteiger partial charge is 0.359 e. The Bertz CT molecular complexity index is 1030. The molecule has 7 heteroatoms. The van der Waals surface area contributed by atoms with E-state index in [-0.39, 0.29) is 11.8 Å². The molecule has 1 aliphatic rings. The Balaban J connectivity index is 1.54. The fourth-order valence-corrected chi connectivity index (χ4v) is 4.99. The van der Waals surface area contributed by atoms with Gasteiger partial charge >= 0.3 is 0 Å². The van der Waals surface area contributed by atoms with Crippen LogP contribution < -0.4 is 5.32 Å². The first-order valence-electron chi connectivity index (χ1n) is 10.2. The molecule has 3 aromatic rings. The lowest BCUT2D eigenvalue weighted by molar-refractivity contribution is -0.129. The van der Waals surface area contributed by atoms with Crippen LogP contribution >= 0.6 is 11.3 Å². The third-order valence-electron chi connectivity index (χ3n) is 5.92. The standard InChI is InChI=1S/C23H26N4O2S/c1-3-26-16-25-14-19(26)21(28)27-11-10-23(15-27,22(29)24-2)13-17-6-8-18(9-7-17)20-5-4-12-30-20/h4-9,12,14,16H,3,10-11,13,15H2,1-2H3,(H,24,29)/t23-/m1/s1. The molecule has 1 atom stereocenters. The average Bonchev–Trinajstić information content (AvgIpc) is 3.54. The molecule has 1 aliphatic heterocycles. The molecule has 0 spiro atoms. The molecular weight excluding hydrogens is 396 g/mol. The van der Waals surface area contributed by atoms with Crippen LogP contribution in [0.2, 0.25) is 0 Å². The minimum atomic E-state index is -0.619. The Morgan fingerprint density at radius 3 is 2.70 bits per heavy atom. The zero-order valence-electron chi connectivity index (χ0n) is 17.3. The first-order valence-corrected chi connectivity index (χ1v) is 11.1. The molecule has 2 aromatic heterocycles. The van der Waals surface area contributed by atoms with Crippen LogP contribution in [-0.4, -0.2) is 46.4 Å². The van der Waals surface area contributed by atoms with Gasteiger partial charge in [0.2, 0.25) is 5.91 Å². The summed E-state index contributed by atoms with van der Waals surface area (Å²) in [5.74, 6) is -0.0719. The van der Waals surface area contributed by atoms with Gasteiger partial charge in [0.15, 0.2) is 0 Å². The van der Waals surface area contributed by atoms with E-state index in [2.05, 4.69) is 46.0 Å². The van der Waals surface area contributed by atoms with Crippen LogP contribution in [0.15, 0.2) is 54.3 Å². The summed E-state index contributed by atoms with van der Waals surface area (Å²) in [7, 11) is 1.67.